The minimum atomic E-state index is 0.883. The van der Waals surface area contributed by atoms with E-state index in [4.69, 9.17) is 0 Å². The van der Waals surface area contributed by atoms with E-state index in [1.54, 1.807) is 0 Å². The van der Waals surface area contributed by atoms with Crippen molar-refractivity contribution in [1.82, 2.24) is 9.97 Å². The third-order valence-electron chi connectivity index (χ3n) is 2.85. The lowest BCUT2D eigenvalue weighted by Crippen LogP contribution is -1.90. The minimum Gasteiger partial charge on any atom is -0.257 e. The Kier molecular flexibility index (Phi) is 1.66. The lowest BCUT2D eigenvalue weighted by atomic mass is 10.1. The molecular formula is C13H12N2. The van der Waals surface area contributed by atoms with Crippen molar-refractivity contribution in [3.05, 3.63) is 47.0 Å². The van der Waals surface area contributed by atoms with Gasteiger partial charge < -0.3 is 0 Å². The molecule has 0 fully saturated rings. The number of hydrogen-bond acceptors (Lipinski definition) is 2. The summed E-state index contributed by atoms with van der Waals surface area (Å²) in [7, 11) is 0. The van der Waals surface area contributed by atoms with Crippen LogP contribution in [-0.2, 0) is 6.42 Å². The van der Waals surface area contributed by atoms with E-state index in [1.807, 2.05) is 13.8 Å². The van der Waals surface area contributed by atoms with Gasteiger partial charge in [-0.15, -0.1) is 0 Å². The summed E-state index contributed by atoms with van der Waals surface area (Å²) in [6.45, 7) is 4.06. The Hall–Kier alpha value is -1.70. The molecule has 2 heterocycles. The van der Waals surface area contributed by atoms with Gasteiger partial charge in [-0.05, 0) is 26.0 Å². The second-order valence-electron chi connectivity index (χ2n) is 4.07. The Morgan fingerprint density at radius 1 is 0.800 bits per heavy atom. The van der Waals surface area contributed by atoms with Crippen molar-refractivity contribution in [2.24, 2.45) is 0 Å². The fraction of sp³-hybridized carbons (Fsp3) is 0.231. The predicted molar refractivity (Wildman–Crippen MR) is 59.7 cm³/mol. The molecule has 0 saturated carbocycles. The van der Waals surface area contributed by atoms with Crippen LogP contribution in [-0.4, -0.2) is 9.97 Å². The first-order valence-corrected chi connectivity index (χ1v) is 5.17. The summed E-state index contributed by atoms with van der Waals surface area (Å²) in [5, 5.41) is 0. The summed E-state index contributed by atoms with van der Waals surface area (Å²) in [6, 6.07) is 8.43. The van der Waals surface area contributed by atoms with E-state index in [2.05, 4.69) is 34.2 Å². The normalized spacial score (nSPS) is 12.4. The second kappa shape index (κ2) is 2.89. The van der Waals surface area contributed by atoms with E-state index in [0.717, 1.165) is 17.8 Å². The molecule has 0 amide bonds. The van der Waals surface area contributed by atoms with Gasteiger partial charge in [0.05, 0.1) is 11.4 Å². The molecule has 0 radical (unpaired) electrons. The van der Waals surface area contributed by atoms with Crippen molar-refractivity contribution in [1.29, 1.82) is 0 Å². The van der Waals surface area contributed by atoms with E-state index >= 15 is 0 Å². The first-order valence-electron chi connectivity index (χ1n) is 5.17. The molecule has 15 heavy (non-hydrogen) atoms. The third kappa shape index (κ3) is 1.25. The topological polar surface area (TPSA) is 25.8 Å². The molecule has 1 aliphatic carbocycles. The lowest BCUT2D eigenvalue weighted by molar-refractivity contribution is 1.02. The van der Waals surface area contributed by atoms with E-state index in [-0.39, 0.29) is 0 Å². The molecule has 2 aromatic heterocycles. The molecule has 2 heteroatoms. The van der Waals surface area contributed by atoms with Gasteiger partial charge in [-0.2, -0.15) is 0 Å². The standard InChI is InChI=1S/C13H12N2/c1-8-3-5-10-11-6-4-9(2)15-13(11)7-12(10)14-8/h3-6H,7H2,1-2H3. The van der Waals surface area contributed by atoms with Gasteiger partial charge in [0.2, 0.25) is 0 Å². The molecule has 0 atom stereocenters. The first-order chi connectivity index (χ1) is 7.24. The van der Waals surface area contributed by atoms with Crippen LogP contribution in [0.25, 0.3) is 11.1 Å². The Balaban J connectivity index is 2.24. The number of nitrogens with zero attached hydrogens (tertiary/aromatic N) is 2. The molecule has 74 valence electrons. The van der Waals surface area contributed by atoms with Gasteiger partial charge in [0, 0.05) is 28.9 Å². The quantitative estimate of drug-likeness (QED) is 0.552. The monoisotopic (exact) mass is 196 g/mol. The molecule has 0 N–H and O–H groups in total. The van der Waals surface area contributed by atoms with E-state index < -0.39 is 0 Å². The van der Waals surface area contributed by atoms with Crippen LogP contribution in [0.3, 0.4) is 0 Å². The van der Waals surface area contributed by atoms with Gasteiger partial charge in [-0.1, -0.05) is 12.1 Å². The average Bonchev–Trinajstić information content (AvgIpc) is 2.53. The summed E-state index contributed by atoms with van der Waals surface area (Å²) in [6.07, 6.45) is 0.883. The van der Waals surface area contributed by atoms with Crippen molar-refractivity contribution in [3.63, 3.8) is 0 Å². The SMILES string of the molecule is Cc1ccc2c(n1)Cc1nc(C)ccc1-2. The van der Waals surface area contributed by atoms with Crippen LogP contribution >= 0.6 is 0 Å². The van der Waals surface area contributed by atoms with Crippen LogP contribution in [0.4, 0.5) is 0 Å². The number of aryl methyl sites for hydroxylation is 2. The Labute approximate surface area is 89.0 Å². The third-order valence-corrected chi connectivity index (χ3v) is 2.85. The van der Waals surface area contributed by atoms with Crippen LogP contribution in [0.1, 0.15) is 22.8 Å². The number of fused-ring (bicyclic) bond motifs is 3. The van der Waals surface area contributed by atoms with Gasteiger partial charge in [-0.3, -0.25) is 9.97 Å². The maximum Gasteiger partial charge on any atom is 0.0545 e. The zero-order chi connectivity index (χ0) is 10.4. The largest absolute Gasteiger partial charge is 0.257 e. The van der Waals surface area contributed by atoms with Gasteiger partial charge in [0.25, 0.3) is 0 Å². The molecule has 0 aliphatic heterocycles. The number of aromatic nitrogens is 2. The average molecular weight is 196 g/mol. The molecule has 0 unspecified atom stereocenters. The molecule has 0 bridgehead atoms. The fourth-order valence-electron chi connectivity index (χ4n) is 2.14. The fourth-order valence-corrected chi connectivity index (χ4v) is 2.14. The zero-order valence-corrected chi connectivity index (χ0v) is 8.91. The van der Waals surface area contributed by atoms with Crippen LogP contribution in [0, 0.1) is 13.8 Å². The highest BCUT2D eigenvalue weighted by Gasteiger charge is 2.20. The Morgan fingerprint density at radius 3 is 1.73 bits per heavy atom. The highest BCUT2D eigenvalue weighted by molar-refractivity contribution is 5.73. The molecule has 1 aliphatic rings. The minimum absolute atomic E-state index is 0.883. The van der Waals surface area contributed by atoms with E-state index in [9.17, 15) is 0 Å². The number of hydrogen-bond donors (Lipinski definition) is 0. The summed E-state index contributed by atoms with van der Waals surface area (Å²) in [4.78, 5) is 9.12. The van der Waals surface area contributed by atoms with Gasteiger partial charge in [-0.25, -0.2) is 0 Å². The zero-order valence-electron chi connectivity index (χ0n) is 8.91. The molecule has 2 aromatic rings. The lowest BCUT2D eigenvalue weighted by Gasteiger charge is -2.00. The van der Waals surface area contributed by atoms with Crippen molar-refractivity contribution < 1.29 is 0 Å². The summed E-state index contributed by atoms with van der Waals surface area (Å²) in [5.41, 5.74) is 7.01. The van der Waals surface area contributed by atoms with Crippen molar-refractivity contribution in [2.45, 2.75) is 20.3 Å². The smallest absolute Gasteiger partial charge is 0.0545 e. The van der Waals surface area contributed by atoms with Crippen molar-refractivity contribution >= 4 is 0 Å². The van der Waals surface area contributed by atoms with Crippen LogP contribution in [0.15, 0.2) is 24.3 Å². The number of pyridine rings is 2. The van der Waals surface area contributed by atoms with E-state index in [0.29, 0.717) is 0 Å². The van der Waals surface area contributed by atoms with Crippen molar-refractivity contribution in [3.8, 4) is 11.1 Å². The predicted octanol–water partition coefficient (Wildman–Crippen LogP) is 2.66. The molecule has 2 nitrogen and oxygen atoms in total. The highest BCUT2D eigenvalue weighted by Crippen LogP contribution is 2.34. The van der Waals surface area contributed by atoms with E-state index in [1.165, 1.54) is 22.5 Å². The van der Waals surface area contributed by atoms with Crippen LogP contribution < -0.4 is 0 Å². The Morgan fingerprint density at radius 2 is 1.27 bits per heavy atom. The summed E-state index contributed by atoms with van der Waals surface area (Å²) in [5.74, 6) is 0. The summed E-state index contributed by atoms with van der Waals surface area (Å²) < 4.78 is 0. The highest BCUT2D eigenvalue weighted by atomic mass is 14.8. The number of rotatable bonds is 0. The van der Waals surface area contributed by atoms with Crippen molar-refractivity contribution in [2.75, 3.05) is 0 Å². The van der Waals surface area contributed by atoms with Gasteiger partial charge >= 0.3 is 0 Å². The van der Waals surface area contributed by atoms with Crippen LogP contribution in [0.5, 0.6) is 0 Å². The van der Waals surface area contributed by atoms with Gasteiger partial charge in [0.15, 0.2) is 0 Å². The van der Waals surface area contributed by atoms with Crippen LogP contribution in [0.2, 0.25) is 0 Å². The van der Waals surface area contributed by atoms with Gasteiger partial charge in [0.1, 0.15) is 0 Å². The second-order valence-corrected chi connectivity index (χ2v) is 4.07. The molecule has 0 aromatic carbocycles. The molecule has 3 rings (SSSR count). The molecular weight excluding hydrogens is 184 g/mol. The summed E-state index contributed by atoms with van der Waals surface area (Å²) >= 11 is 0. The molecule has 0 saturated heterocycles. The Bertz CT molecular complexity index is 495. The maximum atomic E-state index is 4.56. The maximum absolute atomic E-state index is 4.56. The first kappa shape index (κ1) is 8.60. The molecule has 0 spiro atoms.